The predicted molar refractivity (Wildman–Crippen MR) is 96.6 cm³/mol. The molecule has 1 aromatic carbocycles. The van der Waals surface area contributed by atoms with Crippen molar-refractivity contribution in [1.29, 1.82) is 0 Å². The maximum absolute atomic E-state index is 12.9. The number of imidazole rings is 1. The van der Waals surface area contributed by atoms with Crippen molar-refractivity contribution in [2.75, 3.05) is 26.2 Å². The molecule has 6 heteroatoms. The summed E-state index contributed by atoms with van der Waals surface area (Å²) in [6, 6.07) is 6.06. The second-order valence-corrected chi connectivity index (χ2v) is 7.32. The Hall–Kier alpha value is -1.92. The van der Waals surface area contributed by atoms with Gasteiger partial charge in [-0.15, -0.1) is 0 Å². The summed E-state index contributed by atoms with van der Waals surface area (Å²) in [6.45, 7) is 5.11. The molecule has 0 radical (unpaired) electrons. The zero-order valence-electron chi connectivity index (χ0n) is 15.0. The first-order chi connectivity index (χ1) is 12.0. The first-order valence-corrected chi connectivity index (χ1v) is 9.19. The number of hydrogen-bond acceptors (Lipinski definition) is 4. The Kier molecular flexibility index (Phi) is 4.25. The Morgan fingerprint density at radius 1 is 1.20 bits per heavy atom. The maximum atomic E-state index is 12.9. The fourth-order valence-corrected chi connectivity index (χ4v) is 4.24. The predicted octanol–water partition coefficient (Wildman–Crippen LogP) is 1.55. The van der Waals surface area contributed by atoms with Crippen LogP contribution in [0.1, 0.15) is 35.4 Å². The van der Waals surface area contributed by atoms with E-state index < -0.39 is 0 Å². The van der Waals surface area contributed by atoms with Gasteiger partial charge in [0.25, 0.3) is 5.91 Å². The molecule has 0 unspecified atom stereocenters. The van der Waals surface area contributed by atoms with E-state index in [2.05, 4.69) is 9.88 Å². The van der Waals surface area contributed by atoms with Gasteiger partial charge < -0.3 is 14.6 Å². The van der Waals surface area contributed by atoms with Gasteiger partial charge in [0.05, 0.1) is 17.1 Å². The molecule has 0 spiro atoms. The summed E-state index contributed by atoms with van der Waals surface area (Å²) in [5, 5.41) is 10.1. The molecule has 1 aliphatic carbocycles. The van der Waals surface area contributed by atoms with Gasteiger partial charge in [-0.1, -0.05) is 0 Å². The third-order valence-electron chi connectivity index (χ3n) is 5.87. The molecule has 2 aromatic rings. The van der Waals surface area contributed by atoms with Gasteiger partial charge in [-0.25, -0.2) is 4.98 Å². The lowest BCUT2D eigenvalue weighted by molar-refractivity contribution is 0.0315. The number of carbonyl (C=O) groups excluding carboxylic acids is 1. The molecule has 1 amide bonds. The van der Waals surface area contributed by atoms with Crippen LogP contribution < -0.4 is 0 Å². The quantitative estimate of drug-likeness (QED) is 0.900. The molecule has 4 rings (SSSR count). The standard InChI is InChI=1S/C19H26N4O2/c1-13-20-15-12-14(6-7-16(15)21(13)2)19(25)23-10-8-22(9-11-23)17-4-3-5-18(17)24/h6-7,12,17-18,24H,3-5,8-11H2,1-2H3/t17-,18-/m0/s1. The van der Waals surface area contributed by atoms with Crippen LogP contribution in [-0.2, 0) is 7.05 Å². The van der Waals surface area contributed by atoms with E-state index in [1.165, 1.54) is 0 Å². The van der Waals surface area contributed by atoms with E-state index in [1.54, 1.807) is 0 Å². The van der Waals surface area contributed by atoms with Crippen LogP contribution in [0.25, 0.3) is 11.0 Å². The minimum Gasteiger partial charge on any atom is -0.391 e. The van der Waals surface area contributed by atoms with Crippen molar-refractivity contribution < 1.29 is 9.90 Å². The van der Waals surface area contributed by atoms with Crippen LogP contribution in [0.2, 0.25) is 0 Å². The van der Waals surface area contributed by atoms with E-state index in [9.17, 15) is 9.90 Å². The van der Waals surface area contributed by atoms with Crippen molar-refractivity contribution in [3.63, 3.8) is 0 Å². The SMILES string of the molecule is Cc1nc2cc(C(=O)N3CCN([C@H]4CCC[C@@H]4O)CC3)ccc2n1C. The van der Waals surface area contributed by atoms with Gasteiger partial charge in [-0.3, -0.25) is 9.69 Å². The lowest BCUT2D eigenvalue weighted by Gasteiger charge is -2.39. The van der Waals surface area contributed by atoms with Gasteiger partial charge >= 0.3 is 0 Å². The molecular weight excluding hydrogens is 316 g/mol. The van der Waals surface area contributed by atoms with E-state index in [-0.39, 0.29) is 18.1 Å². The third-order valence-corrected chi connectivity index (χ3v) is 5.87. The lowest BCUT2D eigenvalue weighted by atomic mass is 10.1. The second kappa shape index (κ2) is 6.42. The molecule has 134 valence electrons. The average Bonchev–Trinajstić information content (AvgIpc) is 3.17. The molecule has 2 fully saturated rings. The number of aliphatic hydroxyl groups is 1. The van der Waals surface area contributed by atoms with Crippen LogP contribution in [0, 0.1) is 6.92 Å². The second-order valence-electron chi connectivity index (χ2n) is 7.32. The van der Waals surface area contributed by atoms with Crippen molar-refractivity contribution in [3.8, 4) is 0 Å². The summed E-state index contributed by atoms with van der Waals surface area (Å²) in [5.41, 5.74) is 2.63. The van der Waals surface area contributed by atoms with Gasteiger partial charge in [0.1, 0.15) is 5.82 Å². The number of rotatable bonds is 2. The lowest BCUT2D eigenvalue weighted by Crippen LogP contribution is -2.53. The summed E-state index contributed by atoms with van der Waals surface area (Å²) in [7, 11) is 1.99. The van der Waals surface area contributed by atoms with Crippen LogP contribution in [0.5, 0.6) is 0 Å². The highest BCUT2D eigenvalue weighted by atomic mass is 16.3. The molecule has 1 aromatic heterocycles. The highest BCUT2D eigenvalue weighted by molar-refractivity contribution is 5.97. The number of amides is 1. The molecule has 6 nitrogen and oxygen atoms in total. The van der Waals surface area contributed by atoms with Crippen LogP contribution in [0.4, 0.5) is 0 Å². The zero-order valence-corrected chi connectivity index (χ0v) is 15.0. The number of nitrogens with zero attached hydrogens (tertiary/aromatic N) is 4. The van der Waals surface area contributed by atoms with E-state index in [0.717, 1.165) is 62.3 Å². The minimum atomic E-state index is -0.197. The van der Waals surface area contributed by atoms with E-state index >= 15 is 0 Å². The summed E-state index contributed by atoms with van der Waals surface area (Å²) >= 11 is 0. The smallest absolute Gasteiger partial charge is 0.254 e. The highest BCUT2D eigenvalue weighted by Crippen LogP contribution is 2.25. The van der Waals surface area contributed by atoms with E-state index in [1.807, 2.05) is 41.6 Å². The molecule has 1 N–H and O–H groups in total. The molecular formula is C19H26N4O2. The summed E-state index contributed by atoms with van der Waals surface area (Å²) in [6.07, 6.45) is 2.89. The van der Waals surface area contributed by atoms with Crippen LogP contribution >= 0.6 is 0 Å². The molecule has 25 heavy (non-hydrogen) atoms. The molecule has 1 saturated carbocycles. The van der Waals surface area contributed by atoms with Crippen molar-refractivity contribution in [3.05, 3.63) is 29.6 Å². The van der Waals surface area contributed by atoms with Crippen molar-refractivity contribution >= 4 is 16.9 Å². The first kappa shape index (κ1) is 16.5. The molecule has 1 saturated heterocycles. The van der Waals surface area contributed by atoms with Crippen molar-refractivity contribution in [2.45, 2.75) is 38.3 Å². The fourth-order valence-electron chi connectivity index (χ4n) is 4.24. The Morgan fingerprint density at radius 2 is 1.96 bits per heavy atom. The number of aromatic nitrogens is 2. The number of piperazine rings is 1. The first-order valence-electron chi connectivity index (χ1n) is 9.19. The molecule has 1 aliphatic heterocycles. The summed E-state index contributed by atoms with van der Waals surface area (Å²) < 4.78 is 2.04. The van der Waals surface area contributed by atoms with Gasteiger partial charge in [-0.2, -0.15) is 0 Å². The van der Waals surface area contributed by atoms with Crippen LogP contribution in [0.15, 0.2) is 18.2 Å². The van der Waals surface area contributed by atoms with E-state index in [4.69, 9.17) is 0 Å². The normalized spacial score (nSPS) is 25.0. The number of hydrogen-bond donors (Lipinski definition) is 1. The van der Waals surface area contributed by atoms with E-state index in [0.29, 0.717) is 5.56 Å². The largest absolute Gasteiger partial charge is 0.391 e. The Balaban J connectivity index is 1.45. The van der Waals surface area contributed by atoms with Gasteiger partial charge in [0.2, 0.25) is 0 Å². The Bertz CT molecular complexity index is 792. The Labute approximate surface area is 148 Å². The Morgan fingerprint density at radius 3 is 2.64 bits per heavy atom. The fraction of sp³-hybridized carbons (Fsp3) is 0.579. The molecule has 2 heterocycles. The topological polar surface area (TPSA) is 61.6 Å². The van der Waals surface area contributed by atoms with Gasteiger partial charge in [0.15, 0.2) is 0 Å². The number of carbonyl (C=O) groups is 1. The monoisotopic (exact) mass is 342 g/mol. The van der Waals surface area contributed by atoms with Crippen molar-refractivity contribution in [1.82, 2.24) is 19.4 Å². The van der Waals surface area contributed by atoms with Gasteiger partial charge in [0, 0.05) is 44.8 Å². The molecule has 2 aliphatic rings. The summed E-state index contributed by atoms with van der Waals surface area (Å²) in [4.78, 5) is 21.7. The van der Waals surface area contributed by atoms with Gasteiger partial charge in [-0.05, 0) is 44.4 Å². The minimum absolute atomic E-state index is 0.0804. The average molecular weight is 342 g/mol. The maximum Gasteiger partial charge on any atom is 0.254 e. The number of aliphatic hydroxyl groups excluding tert-OH is 1. The van der Waals surface area contributed by atoms with Crippen LogP contribution in [0.3, 0.4) is 0 Å². The molecule has 0 bridgehead atoms. The number of benzene rings is 1. The molecule has 2 atom stereocenters. The third kappa shape index (κ3) is 2.93. The number of aryl methyl sites for hydroxylation is 2. The highest BCUT2D eigenvalue weighted by Gasteiger charge is 2.33. The van der Waals surface area contributed by atoms with Crippen LogP contribution in [-0.4, -0.2) is 68.7 Å². The zero-order chi connectivity index (χ0) is 17.6. The van der Waals surface area contributed by atoms with Crippen molar-refractivity contribution in [2.24, 2.45) is 7.05 Å². The summed E-state index contributed by atoms with van der Waals surface area (Å²) in [5.74, 6) is 1.03. The number of fused-ring (bicyclic) bond motifs is 1.